The van der Waals surface area contributed by atoms with Crippen molar-refractivity contribution in [2.24, 2.45) is 5.10 Å². The van der Waals surface area contributed by atoms with Gasteiger partial charge in [-0.2, -0.15) is 5.10 Å². The van der Waals surface area contributed by atoms with Crippen molar-refractivity contribution < 1.29 is 14.3 Å². The van der Waals surface area contributed by atoms with Crippen LogP contribution in [0.1, 0.15) is 27.0 Å². The van der Waals surface area contributed by atoms with E-state index in [1.165, 1.54) is 11.3 Å². The number of aryl methyl sites for hydroxylation is 2. The van der Waals surface area contributed by atoms with Crippen molar-refractivity contribution in [3.8, 4) is 22.8 Å². The van der Waals surface area contributed by atoms with Crippen LogP contribution in [0.4, 0.5) is 10.1 Å². The molecule has 0 saturated heterocycles. The Morgan fingerprint density at radius 2 is 1.63 bits per heavy atom. The first-order valence-electron chi connectivity index (χ1n) is 10.9. The zero-order valence-electron chi connectivity index (χ0n) is 20.0. The smallest absolute Gasteiger partial charge is 0.256 e. The normalized spacial score (nSPS) is 10.9. The van der Waals surface area contributed by atoms with Crippen LogP contribution in [0.15, 0.2) is 71.8 Å². The van der Waals surface area contributed by atoms with Gasteiger partial charge in [-0.3, -0.25) is 10.2 Å². The summed E-state index contributed by atoms with van der Waals surface area (Å²) in [5.41, 5.74) is 8.15. The lowest BCUT2D eigenvalue weighted by molar-refractivity contribution is 0.102. The number of hydrogen-bond acceptors (Lipinski definition) is 7. The van der Waals surface area contributed by atoms with Crippen molar-refractivity contribution in [2.75, 3.05) is 25.0 Å². The maximum absolute atomic E-state index is 12.9. The second-order valence-corrected chi connectivity index (χ2v) is 8.86. The average molecular weight is 487 g/mol. The summed E-state index contributed by atoms with van der Waals surface area (Å²) in [6.45, 7) is 4.01. The molecule has 35 heavy (non-hydrogen) atoms. The quantitative estimate of drug-likeness (QED) is 0.231. The number of methoxy groups -OCH3 is 2. The van der Waals surface area contributed by atoms with E-state index in [1.54, 1.807) is 26.5 Å². The lowest BCUT2D eigenvalue weighted by Crippen LogP contribution is -2.11. The zero-order chi connectivity index (χ0) is 24.8. The number of thiazole rings is 1. The highest BCUT2D eigenvalue weighted by atomic mass is 32.1. The van der Waals surface area contributed by atoms with Crippen LogP contribution in [-0.2, 0) is 0 Å². The number of hydrogen-bond donors (Lipinski definition) is 2. The number of anilines is 2. The molecule has 4 rings (SSSR count). The minimum absolute atomic E-state index is 0.194. The number of ether oxygens (including phenoxy) is 2. The molecular formula is C27H26N4O3S. The topological polar surface area (TPSA) is 84.8 Å². The summed E-state index contributed by atoms with van der Waals surface area (Å²) in [5.74, 6) is 1.14. The van der Waals surface area contributed by atoms with Gasteiger partial charge in [0.1, 0.15) is 22.2 Å². The van der Waals surface area contributed by atoms with E-state index >= 15 is 0 Å². The van der Waals surface area contributed by atoms with Crippen LogP contribution < -0.4 is 20.2 Å². The molecule has 178 valence electrons. The van der Waals surface area contributed by atoms with Crippen molar-refractivity contribution >= 4 is 33.6 Å². The number of aromatic nitrogens is 1. The fourth-order valence-corrected chi connectivity index (χ4v) is 4.15. The molecule has 8 heteroatoms. The molecule has 0 radical (unpaired) electrons. The van der Waals surface area contributed by atoms with Gasteiger partial charge in [-0.05, 0) is 38.1 Å². The molecule has 2 N–H and O–H groups in total. The summed E-state index contributed by atoms with van der Waals surface area (Å²) >= 11 is 1.32. The monoisotopic (exact) mass is 486 g/mol. The summed E-state index contributed by atoms with van der Waals surface area (Å²) < 4.78 is 10.7. The van der Waals surface area contributed by atoms with E-state index < -0.39 is 0 Å². The highest BCUT2D eigenvalue weighted by Gasteiger charge is 2.16. The molecule has 0 unspecified atom stereocenters. The summed E-state index contributed by atoms with van der Waals surface area (Å²) in [5, 5.41) is 8.52. The summed E-state index contributed by atoms with van der Waals surface area (Å²) in [7, 11) is 3.20. The molecular weight excluding hydrogens is 460 g/mol. The van der Waals surface area contributed by atoms with E-state index in [9.17, 15) is 4.79 Å². The Morgan fingerprint density at radius 1 is 0.943 bits per heavy atom. The Hall–Kier alpha value is -4.17. The Balaban J connectivity index is 1.59. The van der Waals surface area contributed by atoms with E-state index in [0.717, 1.165) is 22.3 Å². The highest BCUT2D eigenvalue weighted by Crippen LogP contribution is 2.36. The molecule has 0 aliphatic heterocycles. The predicted octanol–water partition coefficient (Wildman–Crippen LogP) is 6.14. The van der Waals surface area contributed by atoms with E-state index in [4.69, 9.17) is 14.5 Å². The van der Waals surface area contributed by atoms with Gasteiger partial charge < -0.3 is 14.8 Å². The number of benzene rings is 3. The van der Waals surface area contributed by atoms with Crippen LogP contribution >= 0.6 is 11.3 Å². The third-order valence-corrected chi connectivity index (χ3v) is 6.17. The molecule has 0 aliphatic carbocycles. The molecule has 0 saturated carbocycles. The first kappa shape index (κ1) is 24.0. The maximum Gasteiger partial charge on any atom is 0.256 e. The lowest BCUT2D eigenvalue weighted by Gasteiger charge is -2.06. The van der Waals surface area contributed by atoms with E-state index in [1.807, 2.05) is 74.5 Å². The summed E-state index contributed by atoms with van der Waals surface area (Å²) in [4.78, 5) is 17.6. The van der Waals surface area contributed by atoms with Gasteiger partial charge in [0.05, 0.1) is 20.4 Å². The van der Waals surface area contributed by atoms with Gasteiger partial charge in [0.15, 0.2) is 0 Å². The Kier molecular flexibility index (Phi) is 7.42. The van der Waals surface area contributed by atoms with Gasteiger partial charge in [0.2, 0.25) is 5.13 Å². The van der Waals surface area contributed by atoms with Crippen molar-refractivity contribution in [3.63, 3.8) is 0 Å². The number of amides is 1. The van der Waals surface area contributed by atoms with E-state index in [0.29, 0.717) is 32.9 Å². The minimum atomic E-state index is -0.194. The van der Waals surface area contributed by atoms with E-state index in [2.05, 4.69) is 15.8 Å². The second kappa shape index (κ2) is 10.8. The maximum atomic E-state index is 12.9. The number of carbonyl (C=O) groups is 1. The van der Waals surface area contributed by atoms with Crippen LogP contribution in [0.5, 0.6) is 11.5 Å². The largest absolute Gasteiger partial charge is 0.497 e. The Bertz CT molecular complexity index is 1350. The lowest BCUT2D eigenvalue weighted by atomic mass is 10.1. The van der Waals surface area contributed by atoms with Crippen LogP contribution in [0.3, 0.4) is 0 Å². The van der Waals surface area contributed by atoms with Crippen molar-refractivity contribution in [3.05, 3.63) is 89.0 Å². The Labute approximate surface area is 208 Å². The number of rotatable bonds is 8. The van der Waals surface area contributed by atoms with Gasteiger partial charge in [-0.25, -0.2) is 4.98 Å². The van der Waals surface area contributed by atoms with Gasteiger partial charge >= 0.3 is 0 Å². The molecule has 3 aromatic carbocycles. The second-order valence-electron chi connectivity index (χ2n) is 7.86. The SMILES string of the molecule is COc1ccc(/C=N/Nc2nc(-c3ccc(C)cc3)c(NC(=O)c3ccc(C)cc3)s2)c(OC)c1. The third-order valence-electron chi connectivity index (χ3n) is 5.30. The standard InChI is InChI=1S/C27H26N4O3S/c1-17-5-9-19(10-6-17)24-26(30-25(32)20-11-7-18(2)8-12-20)35-27(29-24)31-28-16-21-13-14-22(33-3)15-23(21)34-4/h5-16H,1-4H3,(H,29,31)(H,30,32)/b28-16+. The molecule has 0 fully saturated rings. The number of carbonyl (C=O) groups excluding carboxylic acids is 1. The van der Waals surface area contributed by atoms with Crippen LogP contribution in [-0.4, -0.2) is 31.3 Å². The molecule has 1 amide bonds. The first-order chi connectivity index (χ1) is 17.0. The molecule has 7 nitrogen and oxygen atoms in total. The average Bonchev–Trinajstić information content (AvgIpc) is 3.27. The molecule has 0 bridgehead atoms. The van der Waals surface area contributed by atoms with Crippen molar-refractivity contribution in [2.45, 2.75) is 13.8 Å². The summed E-state index contributed by atoms with van der Waals surface area (Å²) in [6, 6.07) is 20.9. The van der Waals surface area contributed by atoms with Crippen molar-refractivity contribution in [1.29, 1.82) is 0 Å². The van der Waals surface area contributed by atoms with Gasteiger partial charge in [-0.1, -0.05) is 58.9 Å². The van der Waals surface area contributed by atoms with Crippen LogP contribution in [0.2, 0.25) is 0 Å². The molecule has 0 spiro atoms. The first-order valence-corrected chi connectivity index (χ1v) is 11.8. The fraction of sp³-hybridized carbons (Fsp3) is 0.148. The number of nitrogens with zero attached hydrogens (tertiary/aromatic N) is 2. The number of nitrogens with one attached hydrogen (secondary N) is 2. The molecule has 0 atom stereocenters. The molecule has 0 aliphatic rings. The zero-order valence-corrected chi connectivity index (χ0v) is 20.8. The molecule has 4 aromatic rings. The van der Waals surface area contributed by atoms with Gasteiger partial charge in [0, 0.05) is 22.8 Å². The van der Waals surface area contributed by atoms with Gasteiger partial charge in [0.25, 0.3) is 5.91 Å². The predicted molar refractivity (Wildman–Crippen MR) is 142 cm³/mol. The minimum Gasteiger partial charge on any atom is -0.497 e. The molecule has 1 aromatic heterocycles. The number of hydrazone groups is 1. The fourth-order valence-electron chi connectivity index (χ4n) is 3.32. The highest BCUT2D eigenvalue weighted by molar-refractivity contribution is 7.20. The summed E-state index contributed by atoms with van der Waals surface area (Å²) in [6.07, 6.45) is 1.65. The van der Waals surface area contributed by atoms with Crippen LogP contribution in [0.25, 0.3) is 11.3 Å². The third kappa shape index (κ3) is 5.85. The molecule has 1 heterocycles. The van der Waals surface area contributed by atoms with E-state index in [-0.39, 0.29) is 5.91 Å². The van der Waals surface area contributed by atoms with Gasteiger partial charge in [-0.15, -0.1) is 0 Å². The van der Waals surface area contributed by atoms with Crippen LogP contribution in [0, 0.1) is 13.8 Å². The van der Waals surface area contributed by atoms with Crippen molar-refractivity contribution in [1.82, 2.24) is 4.98 Å². The Morgan fingerprint density at radius 3 is 2.29 bits per heavy atom.